The number of rotatable bonds is 10. The van der Waals surface area contributed by atoms with Crippen molar-refractivity contribution in [2.75, 3.05) is 34.8 Å². The van der Waals surface area contributed by atoms with Crippen LogP contribution in [0, 0.1) is 0 Å². The summed E-state index contributed by atoms with van der Waals surface area (Å²) in [7, 11) is -5.63. The third-order valence-electron chi connectivity index (χ3n) is 5.84. The molecule has 10 heteroatoms. The molecule has 0 fully saturated rings. The van der Waals surface area contributed by atoms with Gasteiger partial charge in [0.25, 0.3) is 5.91 Å². The number of hydrogen-bond acceptors (Lipinski definition) is 6. The lowest BCUT2D eigenvalue weighted by molar-refractivity contribution is 0.0990. The van der Waals surface area contributed by atoms with E-state index in [1.54, 1.807) is 30.3 Å². The lowest BCUT2D eigenvalue weighted by Gasteiger charge is -2.23. The SMILES string of the molecule is CCCCCCCS(=O)(=O)c1ccc2c(n1)CCN2C(=O)c1ccccc1N(C)S(C)(=O)=O. The summed E-state index contributed by atoms with van der Waals surface area (Å²) in [4.78, 5) is 19.2. The van der Waals surface area contributed by atoms with Gasteiger partial charge in [0, 0.05) is 20.0 Å². The molecule has 0 spiro atoms. The van der Waals surface area contributed by atoms with E-state index >= 15 is 0 Å². The molecule has 2 aromatic rings. The number of carbonyl (C=O) groups is 1. The molecule has 0 saturated carbocycles. The van der Waals surface area contributed by atoms with Gasteiger partial charge in [-0.05, 0) is 30.7 Å². The smallest absolute Gasteiger partial charge is 0.260 e. The summed E-state index contributed by atoms with van der Waals surface area (Å²) in [6.45, 7) is 2.46. The number of para-hydroxylation sites is 1. The number of anilines is 2. The molecule has 1 amide bonds. The molecule has 1 aliphatic rings. The van der Waals surface area contributed by atoms with Gasteiger partial charge in [-0.3, -0.25) is 9.10 Å². The largest absolute Gasteiger partial charge is 0.306 e. The van der Waals surface area contributed by atoms with Crippen molar-refractivity contribution >= 4 is 37.1 Å². The molecule has 8 nitrogen and oxygen atoms in total. The summed E-state index contributed by atoms with van der Waals surface area (Å²) in [5.74, 6) is -0.288. The zero-order valence-corrected chi connectivity index (χ0v) is 21.0. The van der Waals surface area contributed by atoms with Gasteiger partial charge in [-0.15, -0.1) is 0 Å². The maximum atomic E-state index is 13.3. The summed E-state index contributed by atoms with van der Waals surface area (Å²) >= 11 is 0. The molecular formula is C23H31N3O5S2. The van der Waals surface area contributed by atoms with Crippen LogP contribution in [0.15, 0.2) is 41.4 Å². The second-order valence-electron chi connectivity index (χ2n) is 8.30. The van der Waals surface area contributed by atoms with Crippen LogP contribution in [-0.2, 0) is 26.3 Å². The lowest BCUT2D eigenvalue weighted by atomic mass is 10.1. The van der Waals surface area contributed by atoms with Gasteiger partial charge in [0.05, 0.1) is 34.6 Å². The Morgan fingerprint density at radius 3 is 2.42 bits per heavy atom. The molecule has 33 heavy (non-hydrogen) atoms. The van der Waals surface area contributed by atoms with Crippen LogP contribution in [0.5, 0.6) is 0 Å². The number of aromatic nitrogens is 1. The van der Waals surface area contributed by atoms with Gasteiger partial charge in [0.15, 0.2) is 14.9 Å². The molecule has 0 atom stereocenters. The summed E-state index contributed by atoms with van der Waals surface area (Å²) in [5, 5.41) is 0.0447. The van der Waals surface area contributed by atoms with Gasteiger partial charge >= 0.3 is 0 Å². The van der Waals surface area contributed by atoms with Crippen LogP contribution in [0.1, 0.15) is 55.1 Å². The molecule has 2 heterocycles. The second kappa shape index (κ2) is 10.2. The van der Waals surface area contributed by atoms with E-state index in [1.807, 2.05) is 0 Å². The minimum atomic E-state index is -3.55. The van der Waals surface area contributed by atoms with E-state index in [-0.39, 0.29) is 27.9 Å². The molecule has 0 radical (unpaired) electrons. The monoisotopic (exact) mass is 493 g/mol. The maximum Gasteiger partial charge on any atom is 0.260 e. The Hall–Kier alpha value is -2.46. The number of carbonyl (C=O) groups excluding carboxylic acids is 1. The third-order valence-corrected chi connectivity index (χ3v) is 8.72. The maximum absolute atomic E-state index is 13.3. The number of hydrogen-bond donors (Lipinski definition) is 0. The van der Waals surface area contributed by atoms with Crippen LogP contribution in [0.3, 0.4) is 0 Å². The van der Waals surface area contributed by atoms with Crippen LogP contribution in [0.4, 0.5) is 11.4 Å². The summed E-state index contributed by atoms with van der Waals surface area (Å²) < 4.78 is 50.5. The topological polar surface area (TPSA) is 105 Å². The Balaban J connectivity index is 1.82. The van der Waals surface area contributed by atoms with E-state index in [2.05, 4.69) is 11.9 Å². The predicted octanol–water partition coefficient (Wildman–Crippen LogP) is 3.42. The first-order valence-electron chi connectivity index (χ1n) is 11.1. The normalized spacial score (nSPS) is 13.7. The van der Waals surface area contributed by atoms with Crippen LogP contribution in [0.2, 0.25) is 0 Å². The highest BCUT2D eigenvalue weighted by Crippen LogP contribution is 2.32. The van der Waals surface area contributed by atoms with Gasteiger partial charge in [-0.25, -0.2) is 21.8 Å². The first-order valence-corrected chi connectivity index (χ1v) is 14.6. The fraction of sp³-hybridized carbons (Fsp3) is 0.478. The van der Waals surface area contributed by atoms with Crippen LogP contribution < -0.4 is 9.21 Å². The second-order valence-corrected chi connectivity index (χ2v) is 12.4. The molecule has 0 bridgehead atoms. The highest BCUT2D eigenvalue weighted by atomic mass is 32.2. The molecule has 0 aliphatic carbocycles. The zero-order valence-electron chi connectivity index (χ0n) is 19.3. The van der Waals surface area contributed by atoms with Crippen molar-refractivity contribution in [3.63, 3.8) is 0 Å². The number of sulfone groups is 1. The van der Waals surface area contributed by atoms with Gasteiger partial charge in [0.1, 0.15) is 0 Å². The Bertz CT molecular complexity index is 1230. The van der Waals surface area contributed by atoms with Crippen molar-refractivity contribution in [2.45, 2.75) is 50.5 Å². The molecule has 1 aliphatic heterocycles. The van der Waals surface area contributed by atoms with Crippen molar-refractivity contribution < 1.29 is 21.6 Å². The molecule has 180 valence electrons. The van der Waals surface area contributed by atoms with Crippen LogP contribution in [-0.4, -0.2) is 53.3 Å². The Morgan fingerprint density at radius 1 is 1.03 bits per heavy atom. The fourth-order valence-electron chi connectivity index (χ4n) is 3.88. The molecule has 0 N–H and O–H groups in total. The Morgan fingerprint density at radius 2 is 1.73 bits per heavy atom. The highest BCUT2D eigenvalue weighted by molar-refractivity contribution is 7.92. The van der Waals surface area contributed by atoms with Gasteiger partial charge in [-0.2, -0.15) is 0 Å². The number of amides is 1. The molecule has 3 rings (SSSR count). The minimum absolute atomic E-state index is 0.0447. The zero-order chi connectivity index (χ0) is 24.2. The predicted molar refractivity (Wildman–Crippen MR) is 130 cm³/mol. The number of fused-ring (bicyclic) bond motifs is 1. The summed E-state index contributed by atoms with van der Waals surface area (Å²) in [6.07, 6.45) is 6.22. The lowest BCUT2D eigenvalue weighted by Crippen LogP contribution is -2.32. The summed E-state index contributed by atoms with van der Waals surface area (Å²) in [5.41, 5.74) is 1.65. The fourth-order valence-corrected chi connectivity index (χ4v) is 5.71. The minimum Gasteiger partial charge on any atom is -0.306 e. The van der Waals surface area contributed by atoms with E-state index in [9.17, 15) is 21.6 Å². The van der Waals surface area contributed by atoms with Gasteiger partial charge in [-0.1, -0.05) is 44.7 Å². The summed E-state index contributed by atoms with van der Waals surface area (Å²) in [6, 6.07) is 9.60. The standard InChI is InChI=1S/C23H31N3O5S2/c1-4-5-6-7-10-17-33(30,31)22-14-13-21-19(24-22)15-16-26(21)23(27)18-11-8-9-12-20(18)25(2)32(3,28)29/h8-9,11-14H,4-7,10,15-17H2,1-3H3. The van der Waals surface area contributed by atoms with E-state index in [0.717, 1.165) is 36.2 Å². The number of nitrogens with zero attached hydrogens (tertiary/aromatic N) is 3. The molecule has 0 unspecified atom stereocenters. The average molecular weight is 494 g/mol. The number of benzene rings is 1. The quantitative estimate of drug-likeness (QED) is 0.470. The molecule has 1 aromatic carbocycles. The third kappa shape index (κ3) is 5.73. The van der Waals surface area contributed by atoms with Crippen molar-refractivity contribution in [1.82, 2.24) is 4.98 Å². The van der Waals surface area contributed by atoms with Gasteiger partial charge < -0.3 is 4.90 Å². The van der Waals surface area contributed by atoms with E-state index < -0.39 is 19.9 Å². The highest BCUT2D eigenvalue weighted by Gasteiger charge is 2.31. The Labute approximate surface area is 196 Å². The molecular weight excluding hydrogens is 462 g/mol. The van der Waals surface area contributed by atoms with Crippen molar-refractivity contribution in [2.24, 2.45) is 0 Å². The number of sulfonamides is 1. The average Bonchev–Trinajstić information content (AvgIpc) is 3.20. The molecule has 1 aromatic heterocycles. The Kier molecular flexibility index (Phi) is 7.79. The van der Waals surface area contributed by atoms with Crippen molar-refractivity contribution in [3.05, 3.63) is 47.7 Å². The first kappa shape index (κ1) is 25.2. The number of pyridine rings is 1. The van der Waals surface area contributed by atoms with Crippen molar-refractivity contribution in [3.8, 4) is 0 Å². The van der Waals surface area contributed by atoms with E-state index in [1.165, 1.54) is 18.0 Å². The first-order chi connectivity index (χ1) is 15.6. The van der Waals surface area contributed by atoms with Crippen LogP contribution in [0.25, 0.3) is 0 Å². The van der Waals surface area contributed by atoms with E-state index in [0.29, 0.717) is 30.8 Å². The van der Waals surface area contributed by atoms with Crippen molar-refractivity contribution in [1.29, 1.82) is 0 Å². The van der Waals surface area contributed by atoms with Gasteiger partial charge in [0.2, 0.25) is 10.0 Å². The number of unbranched alkanes of at least 4 members (excludes halogenated alkanes) is 4. The van der Waals surface area contributed by atoms with Crippen LogP contribution >= 0.6 is 0 Å². The van der Waals surface area contributed by atoms with E-state index in [4.69, 9.17) is 0 Å². The molecule has 0 saturated heterocycles.